The van der Waals surface area contributed by atoms with Gasteiger partial charge in [0.2, 0.25) is 5.69 Å². The van der Waals surface area contributed by atoms with Crippen molar-refractivity contribution in [1.82, 2.24) is 4.90 Å². The van der Waals surface area contributed by atoms with Gasteiger partial charge in [0.05, 0.1) is 37.0 Å². The Morgan fingerprint density at radius 1 is 1.39 bits per heavy atom. The minimum absolute atomic E-state index is 0.261. The van der Waals surface area contributed by atoms with Crippen molar-refractivity contribution in [3.8, 4) is 5.75 Å². The van der Waals surface area contributed by atoms with Crippen LogP contribution in [0.1, 0.15) is 25.3 Å². The van der Waals surface area contributed by atoms with Gasteiger partial charge in [0.15, 0.2) is 5.87 Å². The number of halogens is 1. The topological polar surface area (TPSA) is 51.0 Å². The summed E-state index contributed by atoms with van der Waals surface area (Å²) >= 11 is 0. The van der Waals surface area contributed by atoms with E-state index in [9.17, 15) is 8.96 Å². The molecule has 166 valence electrons. The summed E-state index contributed by atoms with van der Waals surface area (Å²) in [6, 6.07) is 5.65. The number of rotatable bonds is 6. The predicted octanol–water partition coefficient (Wildman–Crippen LogP) is 4.74. The van der Waals surface area contributed by atoms with E-state index in [0.717, 1.165) is 29.7 Å². The standard InChI is InChI=1S/C23H29FN2O4P/c1-16-19(6-5-7-21(16)24)23-11-13-29-31(27,30-23)26-15-17(10-12-25(2)3)20-9-8-18(28-4)14-22(20)26/h5-9,14,16,21,23H,10-13H2,1-4H3/q+1. The third kappa shape index (κ3) is 4.34. The maximum Gasteiger partial charge on any atom is 0.623 e. The highest BCUT2D eigenvalue weighted by molar-refractivity contribution is 7.47. The monoisotopic (exact) mass is 447 g/mol. The third-order valence-corrected chi connectivity index (χ3v) is 7.74. The van der Waals surface area contributed by atoms with E-state index in [1.165, 1.54) is 10.4 Å². The summed E-state index contributed by atoms with van der Waals surface area (Å²) in [5.74, 6) is 3.58. The molecule has 2 heterocycles. The van der Waals surface area contributed by atoms with E-state index in [1.807, 2.05) is 45.3 Å². The minimum Gasteiger partial charge on any atom is -0.497 e. The zero-order valence-corrected chi connectivity index (χ0v) is 19.3. The van der Waals surface area contributed by atoms with E-state index in [0.29, 0.717) is 17.9 Å². The zero-order valence-electron chi connectivity index (χ0n) is 18.4. The summed E-state index contributed by atoms with van der Waals surface area (Å²) in [4.78, 5) is 2.09. The molecule has 8 heteroatoms. The van der Waals surface area contributed by atoms with Crippen molar-refractivity contribution in [2.75, 3.05) is 34.4 Å². The molecule has 1 aromatic rings. The van der Waals surface area contributed by atoms with Crippen LogP contribution in [0.15, 0.2) is 42.0 Å². The first-order valence-electron chi connectivity index (χ1n) is 10.5. The molecule has 4 rings (SSSR count). The maximum atomic E-state index is 14.2. The van der Waals surface area contributed by atoms with E-state index in [-0.39, 0.29) is 12.5 Å². The fourth-order valence-electron chi connectivity index (χ4n) is 4.06. The zero-order chi connectivity index (χ0) is 22.2. The number of methoxy groups -OCH3 is 1. The summed E-state index contributed by atoms with van der Waals surface area (Å²) < 4.78 is 46.9. The third-order valence-electron chi connectivity index (χ3n) is 5.91. The molecule has 0 N–H and O–H groups in total. The number of alkyl halides is 1. The van der Waals surface area contributed by atoms with Gasteiger partial charge in [-0.15, -0.1) is 0 Å². The van der Waals surface area contributed by atoms with E-state index in [2.05, 4.69) is 10.8 Å². The Balaban J connectivity index is 1.70. The second-order valence-corrected chi connectivity index (χ2v) is 10.1. The highest BCUT2D eigenvalue weighted by Gasteiger charge is 2.51. The highest BCUT2D eigenvalue weighted by atomic mass is 31.2. The van der Waals surface area contributed by atoms with E-state index < -0.39 is 20.0 Å². The lowest BCUT2D eigenvalue weighted by Crippen LogP contribution is -2.31. The van der Waals surface area contributed by atoms with Crippen LogP contribution >= 0.6 is 7.75 Å². The summed E-state index contributed by atoms with van der Waals surface area (Å²) in [7, 11) is 1.87. The SMILES string of the molecule is COc1ccc2c(c1)[N+](P1(=O)OCCC(C3=CC=CC(F)C3C)O1)=C=C2CCN(C)C. The van der Waals surface area contributed by atoms with Crippen LogP contribution in [0.4, 0.5) is 10.1 Å². The van der Waals surface area contributed by atoms with Crippen molar-refractivity contribution in [2.24, 2.45) is 5.92 Å². The van der Waals surface area contributed by atoms with Gasteiger partial charge in [0.25, 0.3) is 0 Å². The second-order valence-electron chi connectivity index (χ2n) is 8.31. The van der Waals surface area contributed by atoms with Crippen LogP contribution in [0.3, 0.4) is 0 Å². The predicted molar refractivity (Wildman–Crippen MR) is 119 cm³/mol. The number of benzene rings is 1. The molecule has 0 aromatic heterocycles. The Bertz CT molecular complexity index is 1040. The van der Waals surface area contributed by atoms with Crippen molar-refractivity contribution in [3.63, 3.8) is 0 Å². The van der Waals surface area contributed by atoms with Gasteiger partial charge in [-0.2, -0.15) is 4.57 Å². The largest absolute Gasteiger partial charge is 0.623 e. The van der Waals surface area contributed by atoms with E-state index >= 15 is 0 Å². The van der Waals surface area contributed by atoms with Crippen molar-refractivity contribution < 1.29 is 27.1 Å². The first-order valence-corrected chi connectivity index (χ1v) is 12.0. The molecule has 1 saturated heterocycles. The quantitative estimate of drug-likeness (QED) is 0.590. The van der Waals surface area contributed by atoms with Gasteiger partial charge in [0, 0.05) is 18.9 Å². The van der Waals surface area contributed by atoms with Gasteiger partial charge >= 0.3 is 7.75 Å². The molecule has 3 aliphatic rings. The van der Waals surface area contributed by atoms with Crippen molar-refractivity contribution in [3.05, 3.63) is 47.6 Å². The van der Waals surface area contributed by atoms with Gasteiger partial charge in [0.1, 0.15) is 11.9 Å². The number of hydrogen-bond acceptors (Lipinski definition) is 5. The van der Waals surface area contributed by atoms with Crippen LogP contribution in [0, 0.1) is 5.92 Å². The summed E-state index contributed by atoms with van der Waals surface area (Å²) in [5.41, 5.74) is 3.36. The van der Waals surface area contributed by atoms with Gasteiger partial charge < -0.3 is 9.64 Å². The number of fused-ring (bicyclic) bond motifs is 1. The molecule has 4 unspecified atom stereocenters. The molecule has 0 amide bonds. The molecule has 31 heavy (non-hydrogen) atoms. The fourth-order valence-corrected chi connectivity index (χ4v) is 5.89. The van der Waals surface area contributed by atoms with E-state index in [4.69, 9.17) is 13.8 Å². The summed E-state index contributed by atoms with van der Waals surface area (Å²) in [5, 5.41) is 0. The number of nitrogens with zero attached hydrogens (tertiary/aromatic N) is 2. The lowest BCUT2D eigenvalue weighted by Gasteiger charge is -2.31. The average molecular weight is 447 g/mol. The smallest absolute Gasteiger partial charge is 0.497 e. The van der Waals surface area contributed by atoms with Crippen LogP contribution in [-0.4, -0.2) is 61.7 Å². The Hall–Kier alpha value is -2.01. The lowest BCUT2D eigenvalue weighted by atomic mass is 9.87. The molecule has 6 nitrogen and oxygen atoms in total. The van der Waals surface area contributed by atoms with Gasteiger partial charge in [-0.05, 0) is 38.2 Å². The van der Waals surface area contributed by atoms with E-state index in [1.54, 1.807) is 13.2 Å². The molecular formula is C23H29FN2O4P+. The van der Waals surface area contributed by atoms with Crippen LogP contribution in [0.2, 0.25) is 0 Å². The van der Waals surface area contributed by atoms with Gasteiger partial charge in [-0.3, -0.25) is 4.52 Å². The van der Waals surface area contributed by atoms with Gasteiger partial charge in [-0.1, -0.05) is 29.5 Å². The highest BCUT2D eigenvalue weighted by Crippen LogP contribution is 2.59. The number of allylic oxidation sites excluding steroid dienone is 3. The summed E-state index contributed by atoms with van der Waals surface area (Å²) in [6.45, 7) is 2.91. The molecule has 0 saturated carbocycles. The molecule has 1 fully saturated rings. The lowest BCUT2D eigenvalue weighted by molar-refractivity contribution is -0.303. The van der Waals surface area contributed by atoms with Gasteiger partial charge in [-0.25, -0.2) is 8.91 Å². The molecule has 2 aliphatic heterocycles. The first kappa shape index (κ1) is 22.2. The second kappa shape index (κ2) is 8.85. The Morgan fingerprint density at radius 2 is 2.19 bits per heavy atom. The van der Waals surface area contributed by atoms with Crippen LogP contribution in [-0.2, 0) is 13.6 Å². The Morgan fingerprint density at radius 3 is 2.94 bits per heavy atom. The van der Waals surface area contributed by atoms with Crippen molar-refractivity contribution in [2.45, 2.75) is 32.0 Å². The Kier molecular flexibility index (Phi) is 6.34. The van der Waals surface area contributed by atoms with Crippen molar-refractivity contribution in [1.29, 1.82) is 0 Å². The van der Waals surface area contributed by atoms with Crippen molar-refractivity contribution >= 4 is 24.9 Å². The van der Waals surface area contributed by atoms with Crippen LogP contribution in [0.5, 0.6) is 5.75 Å². The molecule has 0 spiro atoms. The normalized spacial score (nSPS) is 30.0. The minimum atomic E-state index is -3.73. The molecular weight excluding hydrogens is 418 g/mol. The summed E-state index contributed by atoms with van der Waals surface area (Å²) in [6.07, 6.45) is 4.81. The number of hydrogen-bond donors (Lipinski definition) is 0. The Labute approximate surface area is 182 Å². The molecule has 4 atom stereocenters. The maximum absolute atomic E-state index is 14.2. The molecule has 1 aromatic carbocycles. The molecule has 1 aliphatic carbocycles. The first-order chi connectivity index (χ1) is 14.8. The number of ether oxygens (including phenoxy) is 1. The molecule has 0 radical (unpaired) electrons. The van der Waals surface area contributed by atoms with Crippen LogP contribution < -0.4 is 4.74 Å². The molecule has 0 bridgehead atoms. The van der Waals surface area contributed by atoms with Crippen LogP contribution in [0.25, 0.3) is 5.57 Å². The fraction of sp³-hybridized carbons (Fsp3) is 0.478. The average Bonchev–Trinajstić information content (AvgIpc) is 3.13.